The van der Waals surface area contributed by atoms with Crippen LogP contribution in [0.2, 0.25) is 0 Å². The molecule has 2 amide bonds. The van der Waals surface area contributed by atoms with Crippen LogP contribution in [0.15, 0.2) is 0 Å². The largest absolute Gasteiger partial charge is 0.480 e. The number of carboxylic acids is 1. The summed E-state index contributed by atoms with van der Waals surface area (Å²) in [5.41, 5.74) is 0. The Morgan fingerprint density at radius 1 is 1.14 bits per heavy atom. The Bertz CT molecular complexity index is 336. The standard InChI is InChI=1S/C16H30N2O3/c1-4-12-5-7-13(8-6-12)10-17-16(21)18-14(15(19)20)9-11(2)3/h11-14H,4-10H2,1-3H3,(H,19,20)(H2,17,18,21). The van der Waals surface area contributed by atoms with E-state index in [4.69, 9.17) is 5.11 Å². The van der Waals surface area contributed by atoms with Crippen LogP contribution in [0.25, 0.3) is 0 Å². The number of aliphatic carboxylic acids is 1. The fourth-order valence-electron chi connectivity index (χ4n) is 2.98. The van der Waals surface area contributed by atoms with Crippen molar-refractivity contribution >= 4 is 12.0 Å². The maximum atomic E-state index is 11.8. The molecular formula is C16H30N2O3. The molecule has 5 nitrogen and oxygen atoms in total. The summed E-state index contributed by atoms with van der Waals surface area (Å²) in [5.74, 6) is 0.641. The van der Waals surface area contributed by atoms with E-state index >= 15 is 0 Å². The van der Waals surface area contributed by atoms with Crippen molar-refractivity contribution in [2.24, 2.45) is 17.8 Å². The van der Waals surface area contributed by atoms with E-state index < -0.39 is 12.0 Å². The third-order valence-electron chi connectivity index (χ3n) is 4.41. The number of carbonyl (C=O) groups excluding carboxylic acids is 1. The van der Waals surface area contributed by atoms with Crippen molar-refractivity contribution in [3.8, 4) is 0 Å². The van der Waals surface area contributed by atoms with Crippen LogP contribution in [-0.2, 0) is 4.79 Å². The Morgan fingerprint density at radius 2 is 1.71 bits per heavy atom. The molecule has 1 saturated carbocycles. The zero-order valence-electron chi connectivity index (χ0n) is 13.5. The number of urea groups is 1. The maximum absolute atomic E-state index is 11.8. The van der Waals surface area contributed by atoms with E-state index in [1.165, 1.54) is 19.3 Å². The molecule has 1 fully saturated rings. The van der Waals surface area contributed by atoms with Gasteiger partial charge in [-0.1, -0.05) is 40.0 Å². The van der Waals surface area contributed by atoms with Crippen LogP contribution >= 0.6 is 0 Å². The van der Waals surface area contributed by atoms with Gasteiger partial charge >= 0.3 is 12.0 Å². The highest BCUT2D eigenvalue weighted by Crippen LogP contribution is 2.29. The first-order valence-corrected chi connectivity index (χ1v) is 8.19. The number of carbonyl (C=O) groups is 2. The highest BCUT2D eigenvalue weighted by atomic mass is 16.4. The summed E-state index contributed by atoms with van der Waals surface area (Å²) in [4.78, 5) is 22.9. The van der Waals surface area contributed by atoms with Crippen LogP contribution < -0.4 is 10.6 Å². The summed E-state index contributed by atoms with van der Waals surface area (Å²) < 4.78 is 0. The van der Waals surface area contributed by atoms with Crippen LogP contribution in [0.1, 0.15) is 59.3 Å². The minimum Gasteiger partial charge on any atom is -0.480 e. The molecule has 1 unspecified atom stereocenters. The average Bonchev–Trinajstić information content (AvgIpc) is 2.44. The zero-order valence-corrected chi connectivity index (χ0v) is 13.5. The van der Waals surface area contributed by atoms with Gasteiger partial charge in [0.25, 0.3) is 0 Å². The molecule has 0 saturated heterocycles. The molecule has 1 aliphatic carbocycles. The SMILES string of the molecule is CCC1CCC(CNC(=O)NC(CC(C)C)C(=O)O)CC1. The van der Waals surface area contributed by atoms with Crippen molar-refractivity contribution in [2.75, 3.05) is 6.54 Å². The Morgan fingerprint density at radius 3 is 2.19 bits per heavy atom. The molecule has 0 spiro atoms. The highest BCUT2D eigenvalue weighted by molar-refractivity contribution is 5.82. The van der Waals surface area contributed by atoms with Crippen LogP contribution in [0.4, 0.5) is 4.79 Å². The van der Waals surface area contributed by atoms with Crippen LogP contribution in [-0.4, -0.2) is 29.7 Å². The van der Waals surface area contributed by atoms with Gasteiger partial charge in [-0.2, -0.15) is 0 Å². The van der Waals surface area contributed by atoms with Crippen molar-refractivity contribution < 1.29 is 14.7 Å². The summed E-state index contributed by atoms with van der Waals surface area (Å²) in [6, 6.07) is -1.17. The number of nitrogens with one attached hydrogen (secondary N) is 2. The molecule has 1 rings (SSSR count). The van der Waals surface area contributed by atoms with Gasteiger partial charge in [0.1, 0.15) is 6.04 Å². The lowest BCUT2D eigenvalue weighted by Crippen LogP contribution is -2.47. The average molecular weight is 298 g/mol. The molecule has 0 bridgehead atoms. The Kier molecular flexibility index (Phi) is 7.54. The van der Waals surface area contributed by atoms with Crippen molar-refractivity contribution in [1.29, 1.82) is 0 Å². The van der Waals surface area contributed by atoms with Gasteiger partial charge < -0.3 is 15.7 Å². The van der Waals surface area contributed by atoms with E-state index in [0.717, 1.165) is 18.8 Å². The first-order valence-electron chi connectivity index (χ1n) is 8.19. The van der Waals surface area contributed by atoms with E-state index in [1.54, 1.807) is 0 Å². The quantitative estimate of drug-likeness (QED) is 0.676. The summed E-state index contributed by atoms with van der Waals surface area (Å²) in [6.07, 6.45) is 6.51. The predicted octanol–water partition coefficient (Wildman–Crippen LogP) is 3.00. The van der Waals surface area contributed by atoms with Crippen LogP contribution in [0, 0.1) is 17.8 Å². The number of rotatable bonds is 7. The van der Waals surface area contributed by atoms with Crippen LogP contribution in [0.5, 0.6) is 0 Å². The number of amides is 2. The first-order chi connectivity index (χ1) is 9.92. The molecule has 0 aromatic rings. The zero-order chi connectivity index (χ0) is 15.8. The van der Waals surface area contributed by atoms with E-state index in [9.17, 15) is 9.59 Å². The first kappa shape index (κ1) is 17.8. The molecule has 21 heavy (non-hydrogen) atoms. The number of hydrogen-bond donors (Lipinski definition) is 3. The number of hydrogen-bond acceptors (Lipinski definition) is 2. The summed E-state index contributed by atoms with van der Waals surface area (Å²) in [7, 11) is 0. The van der Waals surface area contributed by atoms with E-state index in [1.807, 2.05) is 13.8 Å². The van der Waals surface area contributed by atoms with Crippen LogP contribution in [0.3, 0.4) is 0 Å². The lowest BCUT2D eigenvalue weighted by molar-refractivity contribution is -0.139. The second kappa shape index (κ2) is 8.90. The second-order valence-electron chi connectivity index (χ2n) is 6.67. The van der Waals surface area contributed by atoms with Gasteiger partial charge in [-0.05, 0) is 37.0 Å². The highest BCUT2D eigenvalue weighted by Gasteiger charge is 2.23. The van der Waals surface area contributed by atoms with Gasteiger partial charge in [-0.15, -0.1) is 0 Å². The minimum atomic E-state index is -0.970. The summed E-state index contributed by atoms with van der Waals surface area (Å²) in [5, 5.41) is 14.5. The third-order valence-corrected chi connectivity index (χ3v) is 4.41. The van der Waals surface area contributed by atoms with Crippen molar-refractivity contribution in [3.05, 3.63) is 0 Å². The topological polar surface area (TPSA) is 78.4 Å². The maximum Gasteiger partial charge on any atom is 0.326 e. The Hall–Kier alpha value is -1.26. The van der Waals surface area contributed by atoms with Gasteiger partial charge in [0.05, 0.1) is 0 Å². The molecule has 0 radical (unpaired) electrons. The molecule has 0 aromatic heterocycles. The second-order valence-corrected chi connectivity index (χ2v) is 6.67. The molecule has 1 aliphatic rings. The van der Waals surface area contributed by atoms with Gasteiger partial charge in [0.2, 0.25) is 0 Å². The molecule has 3 N–H and O–H groups in total. The minimum absolute atomic E-state index is 0.232. The number of carboxylic acid groups (broad SMARTS) is 1. The molecule has 0 aromatic carbocycles. The molecular weight excluding hydrogens is 268 g/mol. The van der Waals surface area contributed by atoms with Crippen molar-refractivity contribution in [1.82, 2.24) is 10.6 Å². The van der Waals surface area contributed by atoms with E-state index in [0.29, 0.717) is 18.9 Å². The molecule has 0 heterocycles. The Labute approximate surface area is 127 Å². The van der Waals surface area contributed by atoms with Crippen molar-refractivity contribution in [2.45, 2.75) is 65.3 Å². The van der Waals surface area contributed by atoms with E-state index in [2.05, 4.69) is 17.6 Å². The molecule has 122 valence electrons. The third kappa shape index (κ3) is 6.82. The fourth-order valence-corrected chi connectivity index (χ4v) is 2.98. The van der Waals surface area contributed by atoms with Gasteiger partial charge in [0, 0.05) is 6.54 Å². The van der Waals surface area contributed by atoms with Gasteiger partial charge in [-0.3, -0.25) is 0 Å². The predicted molar refractivity (Wildman–Crippen MR) is 83.2 cm³/mol. The normalized spacial score (nSPS) is 23.6. The summed E-state index contributed by atoms with van der Waals surface area (Å²) in [6.45, 7) is 6.77. The monoisotopic (exact) mass is 298 g/mol. The molecule has 1 atom stereocenters. The van der Waals surface area contributed by atoms with Crippen molar-refractivity contribution in [3.63, 3.8) is 0 Å². The molecule has 0 aliphatic heterocycles. The smallest absolute Gasteiger partial charge is 0.326 e. The molecule has 5 heteroatoms. The van der Waals surface area contributed by atoms with Gasteiger partial charge in [0.15, 0.2) is 0 Å². The summed E-state index contributed by atoms with van der Waals surface area (Å²) >= 11 is 0. The fraction of sp³-hybridized carbons (Fsp3) is 0.875. The lowest BCUT2D eigenvalue weighted by Gasteiger charge is -2.28. The lowest BCUT2D eigenvalue weighted by atomic mass is 9.81. The Balaban J connectivity index is 2.28. The van der Waals surface area contributed by atoms with Gasteiger partial charge in [-0.25, -0.2) is 9.59 Å². The van der Waals surface area contributed by atoms with E-state index in [-0.39, 0.29) is 11.9 Å².